The maximum atomic E-state index is 13.3. The molecule has 1 atom stereocenters. The quantitative estimate of drug-likeness (QED) is 0.284. The van der Waals surface area contributed by atoms with Crippen molar-refractivity contribution >= 4 is 34.0 Å². The molecule has 1 aromatic carbocycles. The minimum Gasteiger partial charge on any atom is -0.451 e. The first-order chi connectivity index (χ1) is 17.6. The number of hydrogen-bond acceptors (Lipinski definition) is 6. The lowest BCUT2D eigenvalue weighted by Gasteiger charge is -2.16. The molecule has 1 aliphatic carbocycles. The number of aromatic nitrogens is 1. The highest BCUT2D eigenvalue weighted by Gasteiger charge is 2.30. The van der Waals surface area contributed by atoms with Crippen molar-refractivity contribution in [3.63, 3.8) is 0 Å². The number of esters is 1. The van der Waals surface area contributed by atoms with Crippen molar-refractivity contribution in [2.75, 3.05) is 5.32 Å². The topological polar surface area (TPSA) is 86.6 Å². The van der Waals surface area contributed by atoms with Crippen LogP contribution in [-0.2, 0) is 22.4 Å². The molecule has 1 N–H and O–H groups in total. The standard InChI is InChI=1S/C27H28F2N2O5S/c1-14-13-21(15(2)31(14)18-9-11-19(12-10-18)36-27(28)29)24(33)16(3)35-26(34)23-20-7-5-6-8-22(20)37-25(23)30-17(4)32/h9-13,16,27H,5-8H2,1-4H3,(H,30,32)/t16-/m0/s1. The normalized spacial score (nSPS) is 13.7. The number of thiophene rings is 1. The molecule has 0 spiro atoms. The maximum Gasteiger partial charge on any atom is 0.387 e. The lowest BCUT2D eigenvalue weighted by Crippen LogP contribution is -2.26. The number of halogens is 2. The van der Waals surface area contributed by atoms with Crippen LogP contribution in [0.2, 0.25) is 0 Å². The molecule has 3 aromatic rings. The zero-order chi connectivity index (χ0) is 26.9. The molecule has 0 unspecified atom stereocenters. The van der Waals surface area contributed by atoms with Gasteiger partial charge in [0.15, 0.2) is 6.10 Å². The molecular weight excluding hydrogens is 502 g/mol. The van der Waals surface area contributed by atoms with E-state index in [0.29, 0.717) is 27.5 Å². The van der Waals surface area contributed by atoms with Gasteiger partial charge in [0.05, 0.1) is 5.56 Å². The van der Waals surface area contributed by atoms with Gasteiger partial charge in [0.1, 0.15) is 10.8 Å². The van der Waals surface area contributed by atoms with Crippen LogP contribution in [-0.4, -0.2) is 34.9 Å². The van der Waals surface area contributed by atoms with E-state index >= 15 is 0 Å². The molecule has 10 heteroatoms. The average Bonchev–Trinajstić information content (AvgIpc) is 3.34. The van der Waals surface area contributed by atoms with Crippen LogP contribution in [0.1, 0.15) is 69.2 Å². The molecule has 0 radical (unpaired) electrons. The van der Waals surface area contributed by atoms with Crippen LogP contribution in [0.4, 0.5) is 13.8 Å². The van der Waals surface area contributed by atoms with Gasteiger partial charge in [0.25, 0.3) is 0 Å². The number of fused-ring (bicyclic) bond motifs is 1. The Bertz CT molecular complexity index is 1340. The zero-order valence-corrected chi connectivity index (χ0v) is 21.8. The van der Waals surface area contributed by atoms with Gasteiger partial charge in [-0.15, -0.1) is 11.3 Å². The van der Waals surface area contributed by atoms with Crippen molar-refractivity contribution in [3.05, 3.63) is 63.3 Å². The molecule has 1 amide bonds. The first-order valence-electron chi connectivity index (χ1n) is 12.0. The monoisotopic (exact) mass is 530 g/mol. The Morgan fingerprint density at radius 2 is 1.76 bits per heavy atom. The number of carbonyl (C=O) groups excluding carboxylic acids is 3. The number of carbonyl (C=O) groups is 3. The van der Waals surface area contributed by atoms with Gasteiger partial charge in [-0.1, -0.05) is 0 Å². The Morgan fingerprint density at radius 1 is 1.08 bits per heavy atom. The van der Waals surface area contributed by atoms with Gasteiger partial charge in [-0.05, 0) is 82.3 Å². The molecule has 2 heterocycles. The fraction of sp³-hybridized carbons (Fsp3) is 0.370. The number of aryl methyl sites for hydroxylation is 2. The van der Waals surface area contributed by atoms with Crippen molar-refractivity contribution in [1.29, 1.82) is 0 Å². The van der Waals surface area contributed by atoms with Crippen molar-refractivity contribution in [2.24, 2.45) is 0 Å². The fourth-order valence-electron chi connectivity index (χ4n) is 4.71. The molecule has 0 saturated heterocycles. The van der Waals surface area contributed by atoms with E-state index in [0.717, 1.165) is 41.8 Å². The van der Waals surface area contributed by atoms with E-state index in [9.17, 15) is 23.2 Å². The maximum absolute atomic E-state index is 13.3. The average molecular weight is 531 g/mol. The summed E-state index contributed by atoms with van der Waals surface area (Å²) in [5.74, 6) is -1.24. The number of rotatable bonds is 8. The molecule has 2 aromatic heterocycles. The van der Waals surface area contributed by atoms with Crippen molar-refractivity contribution in [3.8, 4) is 11.4 Å². The molecule has 0 saturated carbocycles. The van der Waals surface area contributed by atoms with Gasteiger partial charge in [-0.2, -0.15) is 8.78 Å². The third kappa shape index (κ3) is 5.58. The Kier molecular flexibility index (Phi) is 7.77. The number of alkyl halides is 2. The van der Waals surface area contributed by atoms with E-state index in [2.05, 4.69) is 10.1 Å². The number of amides is 1. The van der Waals surface area contributed by atoms with Gasteiger partial charge in [0.2, 0.25) is 11.7 Å². The van der Waals surface area contributed by atoms with Crippen LogP contribution in [0.15, 0.2) is 30.3 Å². The molecule has 0 fully saturated rings. The lowest BCUT2D eigenvalue weighted by molar-refractivity contribution is -0.114. The first-order valence-corrected chi connectivity index (χ1v) is 12.8. The molecule has 37 heavy (non-hydrogen) atoms. The van der Waals surface area contributed by atoms with Gasteiger partial charge in [-0.25, -0.2) is 4.79 Å². The molecule has 196 valence electrons. The Balaban J connectivity index is 1.56. The number of Topliss-reactive ketones (excluding diaryl/α,β-unsaturated/α-hetero) is 1. The smallest absolute Gasteiger partial charge is 0.387 e. The summed E-state index contributed by atoms with van der Waals surface area (Å²) in [6.45, 7) is 3.59. The summed E-state index contributed by atoms with van der Waals surface area (Å²) in [6, 6.07) is 7.82. The number of ether oxygens (including phenoxy) is 2. The van der Waals surface area contributed by atoms with E-state index in [1.807, 2.05) is 11.5 Å². The predicted molar refractivity (Wildman–Crippen MR) is 136 cm³/mol. The van der Waals surface area contributed by atoms with Crippen LogP contribution in [0.25, 0.3) is 5.69 Å². The van der Waals surface area contributed by atoms with Gasteiger partial charge in [0, 0.05) is 34.4 Å². The first kappa shape index (κ1) is 26.5. The summed E-state index contributed by atoms with van der Waals surface area (Å²) in [5.41, 5.74) is 3.67. The molecular formula is C27H28F2N2O5S. The van der Waals surface area contributed by atoms with Gasteiger partial charge >= 0.3 is 12.6 Å². The Hall–Kier alpha value is -3.53. The highest BCUT2D eigenvalue weighted by atomic mass is 32.1. The largest absolute Gasteiger partial charge is 0.451 e. The Labute approximate surface area is 217 Å². The number of anilines is 1. The zero-order valence-electron chi connectivity index (χ0n) is 21.0. The van der Waals surface area contributed by atoms with Gasteiger partial charge in [-0.3, -0.25) is 9.59 Å². The third-order valence-electron chi connectivity index (χ3n) is 6.33. The molecule has 4 rings (SSSR count). The minimum absolute atomic E-state index is 0.0345. The highest BCUT2D eigenvalue weighted by Crippen LogP contribution is 2.39. The van der Waals surface area contributed by atoms with Crippen LogP contribution >= 0.6 is 11.3 Å². The van der Waals surface area contributed by atoms with Crippen LogP contribution < -0.4 is 10.1 Å². The van der Waals surface area contributed by atoms with Crippen molar-refractivity contribution in [1.82, 2.24) is 4.57 Å². The van der Waals surface area contributed by atoms with Crippen LogP contribution in [0, 0.1) is 13.8 Å². The van der Waals surface area contributed by atoms with E-state index in [-0.39, 0.29) is 17.4 Å². The second-order valence-corrected chi connectivity index (χ2v) is 10.1. The molecule has 0 aliphatic heterocycles. The highest BCUT2D eigenvalue weighted by molar-refractivity contribution is 7.17. The second-order valence-electron chi connectivity index (χ2n) is 9.00. The van der Waals surface area contributed by atoms with E-state index in [1.165, 1.54) is 37.3 Å². The van der Waals surface area contributed by atoms with E-state index in [4.69, 9.17) is 4.74 Å². The number of nitrogens with one attached hydrogen (secondary N) is 1. The van der Waals surface area contributed by atoms with Gasteiger partial charge < -0.3 is 19.4 Å². The van der Waals surface area contributed by atoms with E-state index in [1.54, 1.807) is 25.1 Å². The second kappa shape index (κ2) is 10.8. The summed E-state index contributed by atoms with van der Waals surface area (Å²) in [5, 5.41) is 3.20. The Morgan fingerprint density at radius 3 is 2.41 bits per heavy atom. The number of nitrogens with zero attached hydrogens (tertiary/aromatic N) is 1. The van der Waals surface area contributed by atoms with Crippen molar-refractivity contribution in [2.45, 2.75) is 66.1 Å². The lowest BCUT2D eigenvalue weighted by atomic mass is 9.95. The number of benzene rings is 1. The van der Waals surface area contributed by atoms with Crippen molar-refractivity contribution < 1.29 is 32.6 Å². The van der Waals surface area contributed by atoms with Crippen LogP contribution in [0.5, 0.6) is 5.75 Å². The fourth-order valence-corrected chi connectivity index (χ4v) is 6.03. The number of hydrogen-bond donors (Lipinski definition) is 1. The summed E-state index contributed by atoms with van der Waals surface area (Å²) < 4.78 is 36.8. The minimum atomic E-state index is -2.91. The number of ketones is 1. The molecule has 1 aliphatic rings. The summed E-state index contributed by atoms with van der Waals surface area (Å²) in [7, 11) is 0. The SMILES string of the molecule is CC(=O)Nc1sc2c(c1C(=O)O[C@@H](C)C(=O)c1cc(C)n(-c3ccc(OC(F)F)cc3)c1C)CCCC2. The predicted octanol–water partition coefficient (Wildman–Crippen LogP) is 6.02. The molecule has 7 nitrogen and oxygen atoms in total. The summed E-state index contributed by atoms with van der Waals surface area (Å²) in [4.78, 5) is 39.3. The summed E-state index contributed by atoms with van der Waals surface area (Å²) in [6.07, 6.45) is 2.47. The van der Waals surface area contributed by atoms with Crippen LogP contribution in [0.3, 0.4) is 0 Å². The third-order valence-corrected chi connectivity index (χ3v) is 7.54. The summed E-state index contributed by atoms with van der Waals surface area (Å²) >= 11 is 1.39. The van der Waals surface area contributed by atoms with E-state index < -0.39 is 18.7 Å². The molecule has 0 bridgehead atoms.